The van der Waals surface area contributed by atoms with Crippen LogP contribution in [0.5, 0.6) is 0 Å². The van der Waals surface area contributed by atoms with Gasteiger partial charge in [-0.15, -0.1) is 10.2 Å². The van der Waals surface area contributed by atoms with Gasteiger partial charge < -0.3 is 20.0 Å². The van der Waals surface area contributed by atoms with E-state index in [0.717, 1.165) is 50.5 Å². The topological polar surface area (TPSA) is 105 Å². The molecule has 1 aromatic carbocycles. The minimum atomic E-state index is -0.205. The van der Waals surface area contributed by atoms with Crippen LogP contribution in [0.4, 0.5) is 11.6 Å². The lowest BCUT2D eigenvalue weighted by atomic mass is 10.1. The molecule has 0 radical (unpaired) electrons. The number of amides is 2. The van der Waals surface area contributed by atoms with E-state index < -0.39 is 0 Å². The molecule has 2 fully saturated rings. The van der Waals surface area contributed by atoms with Gasteiger partial charge in [0.2, 0.25) is 11.9 Å². The maximum absolute atomic E-state index is 12.8. The van der Waals surface area contributed by atoms with Gasteiger partial charge >= 0.3 is 0 Å². The van der Waals surface area contributed by atoms with Crippen LogP contribution in [-0.4, -0.2) is 51.5 Å². The third kappa shape index (κ3) is 5.44. The molecule has 2 aromatic heterocycles. The molecule has 1 aliphatic carbocycles. The first-order valence-electron chi connectivity index (χ1n) is 11.7. The Bertz CT molecular complexity index is 1140. The van der Waals surface area contributed by atoms with Crippen LogP contribution in [0.15, 0.2) is 52.2 Å². The summed E-state index contributed by atoms with van der Waals surface area (Å²) in [5.74, 6) is 1.40. The van der Waals surface area contributed by atoms with Crippen molar-refractivity contribution < 1.29 is 14.0 Å². The van der Waals surface area contributed by atoms with E-state index in [0.29, 0.717) is 23.0 Å². The Hall–Kier alpha value is -3.27. The second-order valence-corrected chi connectivity index (χ2v) is 9.57. The molecule has 1 saturated heterocycles. The minimum absolute atomic E-state index is 0.148. The number of nitrogens with zero attached hydrogens (tertiary/aromatic N) is 4. The molecule has 0 spiro atoms. The Labute approximate surface area is 202 Å². The van der Waals surface area contributed by atoms with E-state index in [1.807, 2.05) is 22.8 Å². The quantitative estimate of drug-likeness (QED) is 0.451. The van der Waals surface area contributed by atoms with Crippen LogP contribution >= 0.6 is 11.8 Å². The number of hydrogen-bond donors (Lipinski definition) is 2. The molecule has 0 bridgehead atoms. The van der Waals surface area contributed by atoms with Gasteiger partial charge in [0.15, 0.2) is 5.16 Å². The maximum Gasteiger partial charge on any atom is 0.253 e. The van der Waals surface area contributed by atoms with Crippen LogP contribution in [0, 0.1) is 0 Å². The first-order valence-corrected chi connectivity index (χ1v) is 12.7. The van der Waals surface area contributed by atoms with Gasteiger partial charge in [0.25, 0.3) is 5.91 Å². The molecule has 3 aromatic rings. The maximum atomic E-state index is 12.8. The summed E-state index contributed by atoms with van der Waals surface area (Å²) in [7, 11) is 0. The van der Waals surface area contributed by atoms with E-state index >= 15 is 0 Å². The molecular weight excluding hydrogens is 452 g/mol. The minimum Gasteiger partial charge on any atom is -0.467 e. The number of thioether (sulfide) groups is 1. The lowest BCUT2D eigenvalue weighted by Crippen LogP contribution is -2.32. The third-order valence-corrected chi connectivity index (χ3v) is 6.89. The van der Waals surface area contributed by atoms with Crippen molar-refractivity contribution in [1.82, 2.24) is 20.1 Å². The monoisotopic (exact) mass is 480 g/mol. The molecule has 10 heteroatoms. The number of para-hydroxylation sites is 1. The van der Waals surface area contributed by atoms with Crippen molar-refractivity contribution in [2.75, 3.05) is 29.1 Å². The van der Waals surface area contributed by atoms with Crippen molar-refractivity contribution in [1.29, 1.82) is 0 Å². The smallest absolute Gasteiger partial charge is 0.253 e. The van der Waals surface area contributed by atoms with Crippen molar-refractivity contribution in [3.05, 3.63) is 54.0 Å². The molecule has 5 rings (SSSR count). The first-order chi connectivity index (χ1) is 16.7. The van der Waals surface area contributed by atoms with Gasteiger partial charge in [-0.05, 0) is 56.4 Å². The molecule has 2 N–H and O–H groups in total. The highest BCUT2D eigenvalue weighted by atomic mass is 32.2. The number of aromatic nitrogens is 3. The second-order valence-electron chi connectivity index (χ2n) is 8.63. The van der Waals surface area contributed by atoms with Gasteiger partial charge in [0.1, 0.15) is 5.76 Å². The van der Waals surface area contributed by atoms with Gasteiger partial charge in [-0.1, -0.05) is 23.9 Å². The second kappa shape index (κ2) is 10.3. The molecule has 2 aliphatic rings. The van der Waals surface area contributed by atoms with E-state index in [1.165, 1.54) is 18.2 Å². The van der Waals surface area contributed by atoms with Crippen LogP contribution in [-0.2, 0) is 11.3 Å². The highest BCUT2D eigenvalue weighted by Crippen LogP contribution is 2.26. The average Bonchev–Trinajstić information content (AvgIpc) is 3.35. The van der Waals surface area contributed by atoms with Gasteiger partial charge in [0.05, 0.1) is 29.8 Å². The van der Waals surface area contributed by atoms with Gasteiger partial charge in [0, 0.05) is 19.1 Å². The van der Waals surface area contributed by atoms with E-state index in [1.54, 1.807) is 24.5 Å². The zero-order valence-electron chi connectivity index (χ0n) is 18.9. The van der Waals surface area contributed by atoms with Crippen LogP contribution in [0.3, 0.4) is 0 Å². The van der Waals surface area contributed by atoms with Gasteiger partial charge in [-0.25, -0.2) is 0 Å². The Morgan fingerprint density at radius 1 is 1.06 bits per heavy atom. The van der Waals surface area contributed by atoms with Crippen LogP contribution < -0.4 is 15.5 Å². The molecule has 178 valence electrons. The number of carbonyl (C=O) groups excluding carboxylic acids is 2. The summed E-state index contributed by atoms with van der Waals surface area (Å²) >= 11 is 1.32. The lowest BCUT2D eigenvalue weighted by molar-refractivity contribution is -0.113. The highest BCUT2D eigenvalue weighted by molar-refractivity contribution is 7.99. The molecule has 2 amide bonds. The van der Waals surface area contributed by atoms with E-state index in [2.05, 4.69) is 25.7 Å². The Kier molecular flexibility index (Phi) is 6.84. The van der Waals surface area contributed by atoms with Gasteiger partial charge in [-0.3, -0.25) is 14.2 Å². The zero-order chi connectivity index (χ0) is 23.3. The number of anilines is 2. The van der Waals surface area contributed by atoms with Gasteiger partial charge in [-0.2, -0.15) is 0 Å². The van der Waals surface area contributed by atoms with E-state index in [9.17, 15) is 9.59 Å². The Morgan fingerprint density at radius 3 is 2.65 bits per heavy atom. The average molecular weight is 481 g/mol. The number of piperidine rings is 1. The number of furan rings is 1. The van der Waals surface area contributed by atoms with Crippen molar-refractivity contribution in [2.24, 2.45) is 0 Å². The highest BCUT2D eigenvalue weighted by Gasteiger charge is 2.25. The van der Waals surface area contributed by atoms with Crippen molar-refractivity contribution in [2.45, 2.75) is 49.8 Å². The number of benzene rings is 1. The first kappa shape index (κ1) is 22.5. The summed E-state index contributed by atoms with van der Waals surface area (Å²) in [5, 5.41) is 15.3. The number of hydrogen-bond acceptors (Lipinski definition) is 7. The molecule has 1 aliphatic heterocycles. The van der Waals surface area contributed by atoms with E-state index in [4.69, 9.17) is 4.42 Å². The SMILES string of the molecule is O=C(CSc1nnc(N2CCCCC2)n1Cc1ccco1)Nc1ccccc1C(=O)NC1CC1. The largest absolute Gasteiger partial charge is 0.467 e. The molecule has 34 heavy (non-hydrogen) atoms. The van der Waals surface area contributed by atoms with E-state index in [-0.39, 0.29) is 23.6 Å². The summed E-state index contributed by atoms with van der Waals surface area (Å²) in [6.45, 7) is 2.39. The third-order valence-electron chi connectivity index (χ3n) is 5.92. The lowest BCUT2D eigenvalue weighted by Gasteiger charge is -2.27. The van der Waals surface area contributed by atoms with Crippen molar-refractivity contribution >= 4 is 35.2 Å². The standard InChI is InChI=1S/C24H28N6O3S/c31-21(26-20-9-3-2-8-19(20)22(32)25-17-10-11-17)16-34-24-28-27-23(29-12-4-1-5-13-29)30(24)15-18-7-6-14-33-18/h2-3,6-9,14,17H,1,4-5,10-13,15-16H2,(H,25,32)(H,26,31). The summed E-state index contributed by atoms with van der Waals surface area (Å²) < 4.78 is 7.57. The van der Waals surface area contributed by atoms with Crippen molar-refractivity contribution in [3.8, 4) is 0 Å². The molecular formula is C24H28N6O3S. The summed E-state index contributed by atoms with van der Waals surface area (Å²) in [6, 6.07) is 11.1. The van der Waals surface area contributed by atoms with Crippen molar-refractivity contribution in [3.63, 3.8) is 0 Å². The predicted octanol–water partition coefficient (Wildman–Crippen LogP) is 3.53. The number of rotatable bonds is 9. The summed E-state index contributed by atoms with van der Waals surface area (Å²) in [6.07, 6.45) is 7.16. The van der Waals surface area contributed by atoms with Crippen LogP contribution in [0.2, 0.25) is 0 Å². The fourth-order valence-electron chi connectivity index (χ4n) is 4.01. The zero-order valence-corrected chi connectivity index (χ0v) is 19.7. The number of carbonyl (C=O) groups is 2. The normalized spacial score (nSPS) is 15.8. The predicted molar refractivity (Wildman–Crippen MR) is 130 cm³/mol. The summed E-state index contributed by atoms with van der Waals surface area (Å²) in [5.41, 5.74) is 0.985. The summed E-state index contributed by atoms with van der Waals surface area (Å²) in [4.78, 5) is 27.6. The Morgan fingerprint density at radius 2 is 1.88 bits per heavy atom. The molecule has 1 saturated carbocycles. The fraction of sp³-hybridized carbons (Fsp3) is 0.417. The number of nitrogens with one attached hydrogen (secondary N) is 2. The molecule has 0 atom stereocenters. The van der Waals surface area contributed by atoms with Crippen LogP contribution in [0.1, 0.15) is 48.2 Å². The molecule has 3 heterocycles. The molecule has 0 unspecified atom stereocenters. The van der Waals surface area contributed by atoms with Crippen LogP contribution in [0.25, 0.3) is 0 Å². The Balaban J connectivity index is 1.27. The fourth-order valence-corrected chi connectivity index (χ4v) is 4.74. The molecule has 9 nitrogen and oxygen atoms in total.